The van der Waals surface area contributed by atoms with Crippen molar-refractivity contribution in [1.29, 1.82) is 0 Å². The highest BCUT2D eigenvalue weighted by Crippen LogP contribution is 2.22. The summed E-state index contributed by atoms with van der Waals surface area (Å²) >= 11 is 0. The highest BCUT2D eigenvalue weighted by atomic mass is 16.5. The second kappa shape index (κ2) is 6.66. The van der Waals surface area contributed by atoms with E-state index in [0.29, 0.717) is 5.69 Å². The molecule has 1 unspecified atom stereocenters. The van der Waals surface area contributed by atoms with E-state index >= 15 is 0 Å². The molecule has 0 aliphatic heterocycles. The second-order valence-corrected chi connectivity index (χ2v) is 5.49. The van der Waals surface area contributed by atoms with Crippen molar-refractivity contribution < 1.29 is 9.53 Å². The maximum atomic E-state index is 12.1. The molecule has 0 aliphatic rings. The summed E-state index contributed by atoms with van der Waals surface area (Å²) in [6.07, 6.45) is 0. The standard InChI is InChI=1S/C19H18N2O3/c1-3-24-19(23)13(2)21-18(22)11-10-17(20-21)16-9-8-14-6-4-5-7-15(14)12-16/h4-13H,3H2,1-2H3. The number of ether oxygens (including phenoxy) is 1. The van der Waals surface area contributed by atoms with E-state index in [-0.39, 0.29) is 12.2 Å². The quantitative estimate of drug-likeness (QED) is 0.692. The van der Waals surface area contributed by atoms with Crippen LogP contribution in [-0.4, -0.2) is 22.4 Å². The van der Waals surface area contributed by atoms with Crippen molar-refractivity contribution in [1.82, 2.24) is 9.78 Å². The Labute approximate surface area is 139 Å². The largest absolute Gasteiger partial charge is 0.464 e. The zero-order chi connectivity index (χ0) is 17.1. The first-order chi connectivity index (χ1) is 11.6. The summed E-state index contributed by atoms with van der Waals surface area (Å²) in [6.45, 7) is 3.60. The first-order valence-corrected chi connectivity index (χ1v) is 7.86. The maximum absolute atomic E-state index is 12.1. The van der Waals surface area contributed by atoms with E-state index in [1.807, 2.05) is 42.5 Å². The summed E-state index contributed by atoms with van der Waals surface area (Å²) in [5, 5.41) is 6.58. The molecule has 2 aromatic carbocycles. The molecular weight excluding hydrogens is 304 g/mol. The number of rotatable bonds is 4. The fraction of sp³-hybridized carbons (Fsp3) is 0.211. The monoisotopic (exact) mass is 322 g/mol. The van der Waals surface area contributed by atoms with Gasteiger partial charge >= 0.3 is 5.97 Å². The van der Waals surface area contributed by atoms with Gasteiger partial charge in [0, 0.05) is 11.6 Å². The third-order valence-corrected chi connectivity index (χ3v) is 3.86. The van der Waals surface area contributed by atoms with Crippen LogP contribution in [0, 0.1) is 0 Å². The molecule has 0 radical (unpaired) electrons. The Hall–Kier alpha value is -2.95. The summed E-state index contributed by atoms with van der Waals surface area (Å²) in [5.41, 5.74) is 1.19. The van der Waals surface area contributed by atoms with Crippen LogP contribution in [-0.2, 0) is 9.53 Å². The Morgan fingerprint density at radius 3 is 2.62 bits per heavy atom. The molecule has 0 amide bonds. The normalized spacial score (nSPS) is 12.1. The lowest BCUT2D eigenvalue weighted by atomic mass is 10.1. The van der Waals surface area contributed by atoms with Crippen molar-refractivity contribution in [3.63, 3.8) is 0 Å². The zero-order valence-corrected chi connectivity index (χ0v) is 13.6. The van der Waals surface area contributed by atoms with Gasteiger partial charge in [-0.25, -0.2) is 9.48 Å². The minimum atomic E-state index is -0.766. The van der Waals surface area contributed by atoms with Crippen molar-refractivity contribution in [3.05, 3.63) is 65.0 Å². The molecule has 0 spiro atoms. The number of aromatic nitrogens is 2. The van der Waals surface area contributed by atoms with Gasteiger partial charge in [-0.2, -0.15) is 5.10 Å². The summed E-state index contributed by atoms with van der Waals surface area (Å²) in [7, 11) is 0. The van der Waals surface area contributed by atoms with E-state index in [9.17, 15) is 9.59 Å². The van der Waals surface area contributed by atoms with Crippen molar-refractivity contribution in [2.24, 2.45) is 0 Å². The zero-order valence-electron chi connectivity index (χ0n) is 13.6. The van der Waals surface area contributed by atoms with Gasteiger partial charge in [-0.05, 0) is 36.8 Å². The maximum Gasteiger partial charge on any atom is 0.330 e. The number of nitrogens with zero attached hydrogens (tertiary/aromatic N) is 2. The predicted octanol–water partition coefficient (Wildman–Crippen LogP) is 3.19. The van der Waals surface area contributed by atoms with Gasteiger partial charge in [-0.15, -0.1) is 0 Å². The molecular formula is C19H18N2O3. The minimum Gasteiger partial charge on any atom is -0.464 e. The van der Waals surface area contributed by atoms with E-state index < -0.39 is 12.0 Å². The molecule has 0 bridgehead atoms. The molecule has 3 rings (SSSR count). The van der Waals surface area contributed by atoms with E-state index in [4.69, 9.17) is 4.74 Å². The number of fused-ring (bicyclic) bond motifs is 1. The van der Waals surface area contributed by atoms with Crippen molar-refractivity contribution in [3.8, 4) is 11.3 Å². The lowest BCUT2D eigenvalue weighted by molar-refractivity contribution is -0.147. The molecule has 0 N–H and O–H groups in total. The van der Waals surface area contributed by atoms with Crippen molar-refractivity contribution in [2.45, 2.75) is 19.9 Å². The first kappa shape index (κ1) is 15.9. The number of carbonyl (C=O) groups is 1. The fourth-order valence-electron chi connectivity index (χ4n) is 2.57. The number of esters is 1. The van der Waals surface area contributed by atoms with E-state index in [2.05, 4.69) is 5.10 Å². The van der Waals surface area contributed by atoms with Gasteiger partial charge in [-0.3, -0.25) is 4.79 Å². The van der Waals surface area contributed by atoms with Gasteiger partial charge in [0.05, 0.1) is 12.3 Å². The van der Waals surface area contributed by atoms with Crippen LogP contribution in [0.2, 0.25) is 0 Å². The summed E-state index contributed by atoms with van der Waals surface area (Å²) in [5.74, 6) is -0.470. The number of hydrogen-bond donors (Lipinski definition) is 0. The Kier molecular flexibility index (Phi) is 4.42. The fourth-order valence-corrected chi connectivity index (χ4v) is 2.57. The molecule has 0 fully saturated rings. The SMILES string of the molecule is CCOC(=O)C(C)n1nc(-c2ccc3ccccc3c2)ccc1=O. The average molecular weight is 322 g/mol. The lowest BCUT2D eigenvalue weighted by Crippen LogP contribution is -2.31. The topological polar surface area (TPSA) is 61.2 Å². The van der Waals surface area contributed by atoms with Crippen LogP contribution in [0.5, 0.6) is 0 Å². The van der Waals surface area contributed by atoms with Crippen LogP contribution in [0.25, 0.3) is 22.0 Å². The van der Waals surface area contributed by atoms with Crippen LogP contribution in [0.4, 0.5) is 0 Å². The molecule has 0 saturated heterocycles. The Bertz CT molecular complexity index is 946. The molecule has 3 aromatic rings. The van der Waals surface area contributed by atoms with Crippen LogP contribution >= 0.6 is 0 Å². The smallest absolute Gasteiger partial charge is 0.330 e. The molecule has 1 aromatic heterocycles. The second-order valence-electron chi connectivity index (χ2n) is 5.49. The van der Waals surface area contributed by atoms with Gasteiger partial charge in [-0.1, -0.05) is 36.4 Å². The molecule has 5 nitrogen and oxygen atoms in total. The number of benzene rings is 2. The summed E-state index contributed by atoms with van der Waals surface area (Å²) < 4.78 is 6.15. The molecule has 122 valence electrons. The van der Waals surface area contributed by atoms with Crippen LogP contribution in [0.1, 0.15) is 19.9 Å². The van der Waals surface area contributed by atoms with Crippen molar-refractivity contribution in [2.75, 3.05) is 6.61 Å². The van der Waals surface area contributed by atoms with Crippen LogP contribution in [0.3, 0.4) is 0 Å². The Morgan fingerprint density at radius 2 is 1.88 bits per heavy atom. The minimum absolute atomic E-state index is 0.266. The Morgan fingerprint density at radius 1 is 1.12 bits per heavy atom. The van der Waals surface area contributed by atoms with Gasteiger partial charge in [0.15, 0.2) is 6.04 Å². The molecule has 0 aliphatic carbocycles. The third kappa shape index (κ3) is 3.06. The van der Waals surface area contributed by atoms with E-state index in [0.717, 1.165) is 16.3 Å². The van der Waals surface area contributed by atoms with Gasteiger partial charge in [0.1, 0.15) is 0 Å². The highest BCUT2D eigenvalue weighted by molar-refractivity contribution is 5.86. The molecule has 1 heterocycles. The highest BCUT2D eigenvalue weighted by Gasteiger charge is 2.19. The Balaban J connectivity index is 2.03. The predicted molar refractivity (Wildman–Crippen MR) is 92.8 cm³/mol. The van der Waals surface area contributed by atoms with Gasteiger partial charge in [0.2, 0.25) is 0 Å². The molecule has 24 heavy (non-hydrogen) atoms. The van der Waals surface area contributed by atoms with Crippen molar-refractivity contribution >= 4 is 16.7 Å². The third-order valence-electron chi connectivity index (χ3n) is 3.86. The van der Waals surface area contributed by atoms with E-state index in [1.54, 1.807) is 19.9 Å². The van der Waals surface area contributed by atoms with E-state index in [1.165, 1.54) is 10.7 Å². The summed E-state index contributed by atoms with van der Waals surface area (Å²) in [4.78, 5) is 24.0. The molecule has 5 heteroatoms. The lowest BCUT2D eigenvalue weighted by Gasteiger charge is -2.13. The van der Waals surface area contributed by atoms with Gasteiger partial charge in [0.25, 0.3) is 5.56 Å². The van der Waals surface area contributed by atoms with Crippen LogP contribution < -0.4 is 5.56 Å². The number of hydrogen-bond acceptors (Lipinski definition) is 4. The molecule has 0 saturated carbocycles. The first-order valence-electron chi connectivity index (χ1n) is 7.86. The average Bonchev–Trinajstić information content (AvgIpc) is 2.61. The molecule has 1 atom stereocenters. The van der Waals surface area contributed by atoms with Crippen LogP contribution in [0.15, 0.2) is 59.4 Å². The van der Waals surface area contributed by atoms with Gasteiger partial charge < -0.3 is 4.74 Å². The number of carbonyl (C=O) groups excluding carboxylic acids is 1. The summed E-state index contributed by atoms with van der Waals surface area (Å²) in [6, 6.07) is 16.3.